The Morgan fingerprint density at radius 3 is 2.24 bits per heavy atom. The summed E-state index contributed by atoms with van der Waals surface area (Å²) in [5.41, 5.74) is 6.44. The van der Waals surface area contributed by atoms with Gasteiger partial charge in [-0.15, -0.1) is 0 Å². The first-order valence-corrected chi connectivity index (χ1v) is 13.8. The fraction of sp³-hybridized carbons (Fsp3) is 0.312. The van der Waals surface area contributed by atoms with Gasteiger partial charge in [-0.3, -0.25) is 14.4 Å². The molecule has 1 aliphatic carbocycles. The average molecular weight is 577 g/mol. The van der Waals surface area contributed by atoms with Crippen LogP contribution in [-0.4, -0.2) is 36.6 Å². The monoisotopic (exact) mass is 576 g/mol. The maximum atomic E-state index is 14.1. The summed E-state index contributed by atoms with van der Waals surface area (Å²) in [6.45, 7) is 0. The van der Waals surface area contributed by atoms with Gasteiger partial charge in [0.25, 0.3) is 5.91 Å². The number of benzodiazepines with no additional fused rings is 1. The Morgan fingerprint density at radius 1 is 1.00 bits per heavy atom. The summed E-state index contributed by atoms with van der Waals surface area (Å²) >= 11 is 0. The number of fused-ring (bicyclic) bond motifs is 1. The molecule has 10 heteroatoms. The van der Waals surface area contributed by atoms with Crippen LogP contribution in [0, 0.1) is 11.3 Å². The molecule has 2 aliphatic rings. The predicted molar refractivity (Wildman–Crippen MR) is 153 cm³/mol. The van der Waals surface area contributed by atoms with Gasteiger partial charge in [-0.2, -0.15) is 13.2 Å². The van der Waals surface area contributed by atoms with Crippen molar-refractivity contribution in [1.29, 1.82) is 0 Å². The third-order valence-corrected chi connectivity index (χ3v) is 8.34. The first kappa shape index (κ1) is 29.0. The third kappa shape index (κ3) is 5.53. The summed E-state index contributed by atoms with van der Waals surface area (Å²) in [4.78, 5) is 46.6. The lowest BCUT2D eigenvalue weighted by Crippen LogP contribution is -2.54. The van der Waals surface area contributed by atoms with E-state index < -0.39 is 47.0 Å². The highest BCUT2D eigenvalue weighted by molar-refractivity contribution is 6.20. The first-order chi connectivity index (χ1) is 20.0. The first-order valence-electron chi connectivity index (χ1n) is 13.8. The Bertz CT molecular complexity index is 1510. The van der Waals surface area contributed by atoms with Gasteiger partial charge in [-0.1, -0.05) is 73.5 Å². The molecule has 3 aromatic carbocycles. The minimum Gasteiger partial charge on any atom is -0.369 e. The second-order valence-corrected chi connectivity index (χ2v) is 10.9. The average Bonchev–Trinajstić information content (AvgIpc) is 3.45. The number of anilines is 1. The summed E-state index contributed by atoms with van der Waals surface area (Å²) in [6.07, 6.45) is -3.34. The number of amides is 3. The lowest BCUT2D eigenvalue weighted by atomic mass is 9.70. The Balaban J connectivity index is 1.53. The van der Waals surface area contributed by atoms with Gasteiger partial charge >= 0.3 is 6.18 Å². The van der Waals surface area contributed by atoms with Crippen molar-refractivity contribution in [2.45, 2.75) is 44.4 Å². The molecule has 1 heterocycles. The zero-order valence-corrected chi connectivity index (χ0v) is 23.0. The van der Waals surface area contributed by atoms with Gasteiger partial charge in [0.2, 0.25) is 18.0 Å². The topological polar surface area (TPSA) is 105 Å². The highest BCUT2D eigenvalue weighted by atomic mass is 19.4. The van der Waals surface area contributed by atoms with Crippen LogP contribution in [-0.2, 0) is 27.0 Å². The van der Waals surface area contributed by atoms with E-state index in [1.807, 2.05) is 30.3 Å². The number of nitrogens with one attached hydrogen (secondary N) is 1. The van der Waals surface area contributed by atoms with Crippen molar-refractivity contribution in [3.8, 4) is 0 Å². The van der Waals surface area contributed by atoms with Gasteiger partial charge in [0.1, 0.15) is 0 Å². The lowest BCUT2D eigenvalue weighted by molar-refractivity contribution is -0.142. The molecule has 2 atom stereocenters. The van der Waals surface area contributed by atoms with E-state index in [0.717, 1.165) is 30.5 Å². The van der Waals surface area contributed by atoms with Crippen LogP contribution in [0.1, 0.15) is 47.9 Å². The van der Waals surface area contributed by atoms with E-state index in [0.29, 0.717) is 29.7 Å². The maximum Gasteiger partial charge on any atom is 0.416 e. The molecule has 0 aromatic heterocycles. The maximum absolute atomic E-state index is 14.1. The van der Waals surface area contributed by atoms with Crippen molar-refractivity contribution in [1.82, 2.24) is 5.32 Å². The van der Waals surface area contributed by atoms with E-state index in [1.165, 1.54) is 17.0 Å². The molecule has 1 saturated carbocycles. The van der Waals surface area contributed by atoms with E-state index in [4.69, 9.17) is 5.73 Å². The van der Waals surface area contributed by atoms with E-state index in [-0.39, 0.29) is 12.1 Å². The highest BCUT2D eigenvalue weighted by Crippen LogP contribution is 2.46. The zero-order valence-electron chi connectivity index (χ0n) is 23.0. The van der Waals surface area contributed by atoms with Crippen molar-refractivity contribution >= 4 is 29.1 Å². The van der Waals surface area contributed by atoms with Crippen molar-refractivity contribution in [3.05, 3.63) is 101 Å². The number of carbonyl (C=O) groups excluding carboxylic acids is 3. The minimum absolute atomic E-state index is 0.263. The molecule has 3 N–H and O–H groups in total. The van der Waals surface area contributed by atoms with Crippen LogP contribution in [0.2, 0.25) is 0 Å². The molecule has 1 fully saturated rings. The number of hydrogen-bond donors (Lipinski definition) is 2. The Kier molecular flexibility index (Phi) is 7.90. The van der Waals surface area contributed by atoms with Crippen LogP contribution < -0.4 is 16.0 Å². The molecule has 0 saturated heterocycles. The predicted octanol–water partition coefficient (Wildman–Crippen LogP) is 4.87. The van der Waals surface area contributed by atoms with Gasteiger partial charge in [0, 0.05) is 18.2 Å². The fourth-order valence-electron chi connectivity index (χ4n) is 6.09. The molecule has 5 rings (SSSR count). The van der Waals surface area contributed by atoms with Gasteiger partial charge in [-0.25, -0.2) is 4.99 Å². The quantitative estimate of drug-likeness (QED) is 0.420. The largest absolute Gasteiger partial charge is 0.416 e. The molecule has 7 nitrogen and oxygen atoms in total. The van der Waals surface area contributed by atoms with Crippen LogP contribution in [0.25, 0.3) is 0 Å². The number of alkyl halides is 3. The van der Waals surface area contributed by atoms with Crippen molar-refractivity contribution in [2.75, 3.05) is 11.9 Å². The van der Waals surface area contributed by atoms with Gasteiger partial charge in [0.05, 0.1) is 28.3 Å². The van der Waals surface area contributed by atoms with Gasteiger partial charge in [-0.05, 0) is 43.0 Å². The van der Waals surface area contributed by atoms with E-state index in [2.05, 4.69) is 10.3 Å². The summed E-state index contributed by atoms with van der Waals surface area (Å²) in [7, 11) is 1.55. The highest BCUT2D eigenvalue weighted by Gasteiger charge is 2.51. The molecule has 3 aromatic rings. The summed E-state index contributed by atoms with van der Waals surface area (Å²) in [5, 5.41) is 2.81. The molecule has 1 aliphatic heterocycles. The number of para-hydroxylation sites is 1. The van der Waals surface area contributed by atoms with E-state index >= 15 is 0 Å². The molecular formula is C32H31F3N4O3. The number of carbonyl (C=O) groups is 3. The normalized spacial score (nSPS) is 19.0. The molecule has 2 unspecified atom stereocenters. The minimum atomic E-state index is -4.51. The molecule has 0 bridgehead atoms. The smallest absolute Gasteiger partial charge is 0.369 e. The summed E-state index contributed by atoms with van der Waals surface area (Å²) < 4.78 is 39.8. The second-order valence-electron chi connectivity index (χ2n) is 10.9. The number of nitrogens with two attached hydrogens (primary N) is 1. The van der Waals surface area contributed by atoms with Crippen LogP contribution in [0.5, 0.6) is 0 Å². The summed E-state index contributed by atoms with van der Waals surface area (Å²) in [5.74, 6) is -2.42. The van der Waals surface area contributed by atoms with Gasteiger partial charge < -0.3 is 16.0 Å². The number of aliphatic imine (C=N–C) groups is 1. The summed E-state index contributed by atoms with van der Waals surface area (Å²) in [6, 6.07) is 20.7. The number of halogens is 3. The van der Waals surface area contributed by atoms with E-state index in [1.54, 1.807) is 31.3 Å². The zero-order chi connectivity index (χ0) is 30.1. The number of rotatable bonds is 7. The molecular weight excluding hydrogens is 545 g/mol. The van der Waals surface area contributed by atoms with Crippen molar-refractivity contribution < 1.29 is 27.6 Å². The molecule has 0 radical (unpaired) electrons. The molecule has 218 valence electrons. The van der Waals surface area contributed by atoms with Crippen LogP contribution in [0.4, 0.5) is 18.9 Å². The molecule has 3 amide bonds. The SMILES string of the molecule is CN1C(=O)C(NC(=O)C2(C(Cc3ccccc3)C(N)=O)CCCC2)N=C(c2ccc(C(F)(F)F)cc2)c2ccccc21. The number of benzene rings is 3. The molecule has 0 spiro atoms. The van der Waals surface area contributed by atoms with Crippen LogP contribution >= 0.6 is 0 Å². The number of nitrogens with zero attached hydrogens (tertiary/aromatic N) is 2. The number of primary amides is 1. The van der Waals surface area contributed by atoms with E-state index in [9.17, 15) is 27.6 Å². The number of hydrogen-bond acceptors (Lipinski definition) is 4. The van der Waals surface area contributed by atoms with Gasteiger partial charge in [0.15, 0.2) is 0 Å². The lowest BCUT2D eigenvalue weighted by Gasteiger charge is -2.35. The van der Waals surface area contributed by atoms with Crippen LogP contribution in [0.15, 0.2) is 83.9 Å². The van der Waals surface area contributed by atoms with Crippen molar-refractivity contribution in [3.63, 3.8) is 0 Å². The number of likely N-dealkylation sites (N-methyl/N-ethyl adjacent to an activating group) is 1. The molecule has 42 heavy (non-hydrogen) atoms. The Hall–Kier alpha value is -4.47. The Morgan fingerprint density at radius 2 is 1.62 bits per heavy atom. The Labute approximate surface area is 241 Å². The third-order valence-electron chi connectivity index (χ3n) is 8.34. The second kappa shape index (κ2) is 11.4. The van der Waals surface area contributed by atoms with Crippen molar-refractivity contribution in [2.24, 2.45) is 22.1 Å². The standard InChI is InChI=1S/C32H31F3N4O3/c1-39-25-12-6-5-11-23(25)26(21-13-15-22(16-14-21)32(33,34)35)37-28(29(39)41)38-30(42)31(17-7-8-18-31)24(27(36)40)19-20-9-3-2-4-10-20/h2-6,9-16,24,28H,7-8,17-19H2,1H3,(H2,36,40)(H,38,42). The van der Waals surface area contributed by atoms with Crippen LogP contribution in [0.3, 0.4) is 0 Å². The fourth-order valence-corrected chi connectivity index (χ4v) is 6.09.